The third-order valence-corrected chi connectivity index (χ3v) is 3.97. The van der Waals surface area contributed by atoms with Crippen molar-refractivity contribution in [2.24, 2.45) is 0 Å². The van der Waals surface area contributed by atoms with Crippen LogP contribution in [0.3, 0.4) is 0 Å². The number of hydrogen-bond donors (Lipinski definition) is 1. The average Bonchev–Trinajstić information content (AvgIpc) is 2.69. The lowest BCUT2D eigenvalue weighted by atomic mass is 10.1. The largest absolute Gasteiger partial charge is 0.350 e. The summed E-state index contributed by atoms with van der Waals surface area (Å²) in [4.78, 5) is 22.6. The number of carbonyl (C=O) groups excluding carboxylic acids is 1. The van der Waals surface area contributed by atoms with Crippen LogP contribution in [-0.2, 0) is 6.42 Å². The van der Waals surface area contributed by atoms with Crippen molar-refractivity contribution in [3.05, 3.63) is 84.1 Å². The fourth-order valence-electron chi connectivity index (χ4n) is 2.46. The van der Waals surface area contributed by atoms with Crippen molar-refractivity contribution < 1.29 is 9.18 Å². The molecule has 1 amide bonds. The monoisotopic (exact) mass is 350 g/mol. The summed E-state index contributed by atoms with van der Waals surface area (Å²) < 4.78 is 12.9. The van der Waals surface area contributed by atoms with Crippen LogP contribution in [0.1, 0.15) is 16.1 Å². The molecule has 132 valence electrons. The highest BCUT2D eigenvalue weighted by Gasteiger charge is 2.10. The van der Waals surface area contributed by atoms with E-state index in [1.54, 1.807) is 18.3 Å². The van der Waals surface area contributed by atoms with Gasteiger partial charge in [0.25, 0.3) is 5.91 Å². The Balaban J connectivity index is 1.56. The first-order valence-electron chi connectivity index (χ1n) is 8.27. The fourth-order valence-corrected chi connectivity index (χ4v) is 2.46. The fraction of sp³-hybridized carbons (Fsp3) is 0.150. The lowest BCUT2D eigenvalue weighted by molar-refractivity contribution is 0.0949. The molecule has 0 aliphatic carbocycles. The molecule has 2 aromatic carbocycles. The predicted octanol–water partition coefficient (Wildman–Crippen LogP) is 3.36. The average molecular weight is 350 g/mol. The van der Waals surface area contributed by atoms with Crippen LogP contribution in [0.15, 0.2) is 67.0 Å². The van der Waals surface area contributed by atoms with Crippen molar-refractivity contribution in [2.75, 3.05) is 18.5 Å². The van der Waals surface area contributed by atoms with E-state index in [0.717, 1.165) is 11.3 Å². The first-order valence-corrected chi connectivity index (χ1v) is 8.27. The maximum absolute atomic E-state index is 12.9. The second-order valence-corrected chi connectivity index (χ2v) is 5.79. The number of aromatic nitrogens is 2. The van der Waals surface area contributed by atoms with Gasteiger partial charge in [-0.2, -0.15) is 0 Å². The molecule has 0 unspecified atom stereocenters. The van der Waals surface area contributed by atoms with Crippen LogP contribution >= 0.6 is 0 Å². The number of amides is 1. The standard InChI is InChI=1S/C20H19FN4O/c1-25(17-5-3-2-4-6-17)19-14-23-18(13-24-19)20(26)22-12-11-15-7-9-16(21)10-8-15/h2-10,13-14H,11-12H2,1H3,(H,22,26). The number of nitrogens with one attached hydrogen (secondary N) is 1. The maximum Gasteiger partial charge on any atom is 0.271 e. The van der Waals surface area contributed by atoms with E-state index in [0.29, 0.717) is 18.8 Å². The Morgan fingerprint density at radius 1 is 1.04 bits per heavy atom. The van der Waals surface area contributed by atoms with Gasteiger partial charge in [0.05, 0.1) is 12.4 Å². The van der Waals surface area contributed by atoms with E-state index in [-0.39, 0.29) is 17.4 Å². The lowest BCUT2D eigenvalue weighted by Gasteiger charge is -2.17. The smallest absolute Gasteiger partial charge is 0.271 e. The summed E-state index contributed by atoms with van der Waals surface area (Å²) in [5.41, 5.74) is 2.20. The summed E-state index contributed by atoms with van der Waals surface area (Å²) in [5, 5.41) is 2.79. The van der Waals surface area contributed by atoms with Crippen LogP contribution in [0, 0.1) is 5.82 Å². The Morgan fingerprint density at radius 2 is 1.77 bits per heavy atom. The summed E-state index contributed by atoms with van der Waals surface area (Å²) in [6, 6.07) is 16.0. The number of carbonyl (C=O) groups is 1. The molecule has 5 nitrogen and oxygen atoms in total. The van der Waals surface area contributed by atoms with Gasteiger partial charge in [0.2, 0.25) is 0 Å². The summed E-state index contributed by atoms with van der Waals surface area (Å²) in [6.07, 6.45) is 3.65. The third-order valence-electron chi connectivity index (χ3n) is 3.97. The summed E-state index contributed by atoms with van der Waals surface area (Å²) in [6.45, 7) is 0.442. The zero-order valence-corrected chi connectivity index (χ0v) is 14.4. The Morgan fingerprint density at radius 3 is 2.42 bits per heavy atom. The zero-order chi connectivity index (χ0) is 18.4. The Hall–Kier alpha value is -3.28. The first-order chi connectivity index (χ1) is 12.6. The number of para-hydroxylation sites is 1. The van der Waals surface area contributed by atoms with Crippen LogP contribution < -0.4 is 10.2 Å². The Labute approximate surface area is 151 Å². The molecule has 0 spiro atoms. The van der Waals surface area contributed by atoms with E-state index in [2.05, 4.69) is 15.3 Å². The molecule has 0 saturated carbocycles. The molecule has 0 radical (unpaired) electrons. The van der Waals surface area contributed by atoms with Gasteiger partial charge in [-0.3, -0.25) is 4.79 Å². The minimum absolute atomic E-state index is 0.259. The van der Waals surface area contributed by atoms with Gasteiger partial charge in [-0.15, -0.1) is 0 Å². The SMILES string of the molecule is CN(c1ccccc1)c1cnc(C(=O)NCCc2ccc(F)cc2)cn1. The Kier molecular flexibility index (Phi) is 5.53. The highest BCUT2D eigenvalue weighted by atomic mass is 19.1. The zero-order valence-electron chi connectivity index (χ0n) is 14.4. The van der Waals surface area contributed by atoms with Crippen molar-refractivity contribution in [3.63, 3.8) is 0 Å². The number of hydrogen-bond acceptors (Lipinski definition) is 4. The van der Waals surface area contributed by atoms with Crippen LogP contribution in [0.2, 0.25) is 0 Å². The van der Waals surface area contributed by atoms with Gasteiger partial charge in [-0.1, -0.05) is 30.3 Å². The first kappa shape index (κ1) is 17.5. The van der Waals surface area contributed by atoms with E-state index >= 15 is 0 Å². The number of rotatable bonds is 6. The van der Waals surface area contributed by atoms with Crippen molar-refractivity contribution in [1.82, 2.24) is 15.3 Å². The number of benzene rings is 2. The molecule has 1 N–H and O–H groups in total. The molecule has 6 heteroatoms. The molecule has 0 fully saturated rings. The number of nitrogens with zero attached hydrogens (tertiary/aromatic N) is 3. The molecule has 3 rings (SSSR count). The molecule has 1 aromatic heterocycles. The van der Waals surface area contributed by atoms with E-state index in [4.69, 9.17) is 0 Å². The van der Waals surface area contributed by atoms with Crippen LogP contribution in [0.25, 0.3) is 0 Å². The van der Waals surface area contributed by atoms with Gasteiger partial charge < -0.3 is 10.2 Å². The molecule has 0 aliphatic heterocycles. The minimum Gasteiger partial charge on any atom is -0.350 e. The molecule has 0 bridgehead atoms. The predicted molar refractivity (Wildman–Crippen MR) is 99.0 cm³/mol. The topological polar surface area (TPSA) is 58.1 Å². The number of halogens is 1. The molecule has 26 heavy (non-hydrogen) atoms. The van der Waals surface area contributed by atoms with Crippen LogP contribution in [-0.4, -0.2) is 29.5 Å². The van der Waals surface area contributed by atoms with Crippen molar-refractivity contribution >= 4 is 17.4 Å². The third kappa shape index (κ3) is 4.42. The minimum atomic E-state index is -0.284. The van der Waals surface area contributed by atoms with Gasteiger partial charge >= 0.3 is 0 Å². The van der Waals surface area contributed by atoms with Gasteiger partial charge in [0, 0.05) is 19.3 Å². The highest BCUT2D eigenvalue weighted by molar-refractivity contribution is 5.92. The van der Waals surface area contributed by atoms with E-state index in [1.807, 2.05) is 42.3 Å². The Bertz CT molecular complexity index is 851. The van der Waals surface area contributed by atoms with Crippen molar-refractivity contribution in [3.8, 4) is 0 Å². The molecule has 0 saturated heterocycles. The van der Waals surface area contributed by atoms with Crippen LogP contribution in [0.4, 0.5) is 15.9 Å². The van der Waals surface area contributed by atoms with Gasteiger partial charge in [0.1, 0.15) is 11.5 Å². The van der Waals surface area contributed by atoms with Crippen LogP contribution in [0.5, 0.6) is 0 Å². The molecule has 0 aliphatic rings. The summed E-state index contributed by atoms with van der Waals surface area (Å²) in [7, 11) is 1.89. The van der Waals surface area contributed by atoms with Crippen molar-refractivity contribution in [2.45, 2.75) is 6.42 Å². The molecular weight excluding hydrogens is 331 g/mol. The second kappa shape index (κ2) is 8.20. The quantitative estimate of drug-likeness (QED) is 0.741. The molecule has 3 aromatic rings. The summed E-state index contributed by atoms with van der Waals surface area (Å²) >= 11 is 0. The second-order valence-electron chi connectivity index (χ2n) is 5.79. The van der Waals surface area contributed by atoms with E-state index in [9.17, 15) is 9.18 Å². The maximum atomic E-state index is 12.9. The highest BCUT2D eigenvalue weighted by Crippen LogP contribution is 2.19. The molecular formula is C20H19FN4O. The van der Waals surface area contributed by atoms with Gasteiger partial charge in [-0.25, -0.2) is 14.4 Å². The number of anilines is 2. The lowest BCUT2D eigenvalue weighted by Crippen LogP contribution is -2.27. The van der Waals surface area contributed by atoms with E-state index < -0.39 is 0 Å². The van der Waals surface area contributed by atoms with E-state index in [1.165, 1.54) is 18.3 Å². The molecule has 0 atom stereocenters. The molecule has 1 heterocycles. The van der Waals surface area contributed by atoms with Crippen molar-refractivity contribution in [1.29, 1.82) is 0 Å². The normalized spacial score (nSPS) is 10.4. The summed E-state index contributed by atoms with van der Waals surface area (Å²) in [5.74, 6) is 0.0983. The van der Waals surface area contributed by atoms with Gasteiger partial charge in [-0.05, 0) is 36.2 Å². The van der Waals surface area contributed by atoms with Gasteiger partial charge in [0.15, 0.2) is 5.82 Å².